The van der Waals surface area contributed by atoms with Gasteiger partial charge in [0.1, 0.15) is 5.82 Å². The molecule has 1 atom stereocenters. The first-order valence-electron chi connectivity index (χ1n) is 7.20. The molecule has 0 aromatic carbocycles. The highest BCUT2D eigenvalue weighted by Crippen LogP contribution is 2.31. The molecular formula is C14H19N5. The molecule has 5 heteroatoms. The van der Waals surface area contributed by atoms with Crippen molar-refractivity contribution in [3.05, 3.63) is 24.5 Å². The second-order valence-corrected chi connectivity index (χ2v) is 5.60. The predicted molar refractivity (Wildman–Crippen MR) is 74.4 cm³/mol. The normalized spacial score (nSPS) is 23.1. The Bertz CT molecular complexity index is 568. The fourth-order valence-corrected chi connectivity index (χ4v) is 2.93. The second-order valence-electron chi connectivity index (χ2n) is 5.60. The first-order chi connectivity index (χ1) is 9.40. The molecule has 0 radical (unpaired) electrons. The lowest BCUT2D eigenvalue weighted by atomic mass is 10.2. The Morgan fingerprint density at radius 3 is 3.05 bits per heavy atom. The minimum absolute atomic E-state index is 0.628. The molecule has 0 spiro atoms. The van der Waals surface area contributed by atoms with Crippen LogP contribution in [0.2, 0.25) is 0 Å². The van der Waals surface area contributed by atoms with Gasteiger partial charge in [0.25, 0.3) is 0 Å². The molecule has 1 aliphatic carbocycles. The predicted octanol–water partition coefficient (Wildman–Crippen LogP) is 1.45. The third-order valence-electron chi connectivity index (χ3n) is 4.10. The SMILES string of the molecule is c1cc2nc(N(CC3CCCN3)C3CC3)ccn2n1. The van der Waals surface area contributed by atoms with E-state index in [-0.39, 0.29) is 0 Å². The Kier molecular flexibility index (Phi) is 2.65. The number of rotatable bonds is 4. The number of fused-ring (bicyclic) bond motifs is 1. The van der Waals surface area contributed by atoms with Gasteiger partial charge in [-0.15, -0.1) is 0 Å². The van der Waals surface area contributed by atoms with Gasteiger partial charge in [0, 0.05) is 30.9 Å². The molecule has 1 saturated heterocycles. The molecule has 1 unspecified atom stereocenters. The van der Waals surface area contributed by atoms with Crippen molar-refractivity contribution in [1.82, 2.24) is 19.9 Å². The molecule has 1 saturated carbocycles. The topological polar surface area (TPSA) is 45.5 Å². The summed E-state index contributed by atoms with van der Waals surface area (Å²) in [5.41, 5.74) is 0.933. The summed E-state index contributed by atoms with van der Waals surface area (Å²) < 4.78 is 1.82. The summed E-state index contributed by atoms with van der Waals surface area (Å²) in [7, 11) is 0. The fourth-order valence-electron chi connectivity index (χ4n) is 2.93. The van der Waals surface area contributed by atoms with E-state index in [1.165, 1.54) is 25.7 Å². The van der Waals surface area contributed by atoms with Crippen molar-refractivity contribution in [2.45, 2.75) is 37.8 Å². The van der Waals surface area contributed by atoms with Gasteiger partial charge in [-0.1, -0.05) is 0 Å². The molecule has 100 valence electrons. The van der Waals surface area contributed by atoms with E-state index < -0.39 is 0 Å². The molecule has 0 bridgehead atoms. The first-order valence-corrected chi connectivity index (χ1v) is 7.20. The van der Waals surface area contributed by atoms with E-state index >= 15 is 0 Å². The van der Waals surface area contributed by atoms with E-state index in [0.29, 0.717) is 12.1 Å². The summed E-state index contributed by atoms with van der Waals surface area (Å²) in [5.74, 6) is 1.10. The Hall–Kier alpha value is -1.62. The van der Waals surface area contributed by atoms with Crippen LogP contribution in [-0.2, 0) is 0 Å². The van der Waals surface area contributed by atoms with E-state index in [2.05, 4.69) is 21.4 Å². The van der Waals surface area contributed by atoms with Gasteiger partial charge in [-0.2, -0.15) is 5.10 Å². The van der Waals surface area contributed by atoms with Crippen molar-refractivity contribution >= 4 is 11.5 Å². The van der Waals surface area contributed by atoms with Gasteiger partial charge >= 0.3 is 0 Å². The average molecular weight is 257 g/mol. The van der Waals surface area contributed by atoms with Crippen LogP contribution < -0.4 is 10.2 Å². The molecule has 2 aliphatic rings. The summed E-state index contributed by atoms with van der Waals surface area (Å²) in [6.07, 6.45) is 9.01. The smallest absolute Gasteiger partial charge is 0.157 e. The molecule has 1 N–H and O–H groups in total. The zero-order valence-corrected chi connectivity index (χ0v) is 11.0. The first kappa shape index (κ1) is 11.2. The van der Waals surface area contributed by atoms with E-state index in [9.17, 15) is 0 Å². The van der Waals surface area contributed by atoms with Crippen molar-refractivity contribution < 1.29 is 0 Å². The molecule has 4 rings (SSSR count). The van der Waals surface area contributed by atoms with Crippen molar-refractivity contribution in [1.29, 1.82) is 0 Å². The van der Waals surface area contributed by atoms with Gasteiger partial charge in [-0.05, 0) is 38.3 Å². The lowest BCUT2D eigenvalue weighted by Gasteiger charge is -2.26. The number of hydrogen-bond donors (Lipinski definition) is 1. The molecule has 5 nitrogen and oxygen atoms in total. The summed E-state index contributed by atoms with van der Waals surface area (Å²) in [5, 5.41) is 7.79. The molecule has 2 aromatic rings. The number of hydrogen-bond acceptors (Lipinski definition) is 4. The summed E-state index contributed by atoms with van der Waals surface area (Å²) >= 11 is 0. The number of nitrogens with one attached hydrogen (secondary N) is 1. The highest BCUT2D eigenvalue weighted by molar-refractivity contribution is 5.49. The van der Waals surface area contributed by atoms with E-state index in [1.807, 2.05) is 16.8 Å². The van der Waals surface area contributed by atoms with Crippen LogP contribution in [0, 0.1) is 0 Å². The molecule has 0 amide bonds. The maximum Gasteiger partial charge on any atom is 0.157 e. The Morgan fingerprint density at radius 1 is 1.32 bits per heavy atom. The van der Waals surface area contributed by atoms with Crippen LogP contribution in [0.4, 0.5) is 5.82 Å². The van der Waals surface area contributed by atoms with Gasteiger partial charge in [-0.3, -0.25) is 0 Å². The lowest BCUT2D eigenvalue weighted by molar-refractivity contribution is 0.575. The van der Waals surface area contributed by atoms with E-state index in [0.717, 1.165) is 24.6 Å². The second kappa shape index (κ2) is 4.49. The van der Waals surface area contributed by atoms with Crippen molar-refractivity contribution in [2.75, 3.05) is 18.0 Å². The zero-order valence-electron chi connectivity index (χ0n) is 11.0. The minimum atomic E-state index is 0.628. The van der Waals surface area contributed by atoms with Gasteiger partial charge < -0.3 is 10.2 Å². The van der Waals surface area contributed by atoms with Crippen LogP contribution in [0.15, 0.2) is 24.5 Å². The monoisotopic (exact) mass is 257 g/mol. The van der Waals surface area contributed by atoms with Gasteiger partial charge in [0.15, 0.2) is 5.65 Å². The maximum absolute atomic E-state index is 4.74. The van der Waals surface area contributed by atoms with E-state index in [1.54, 1.807) is 6.20 Å². The molecule has 2 fully saturated rings. The van der Waals surface area contributed by atoms with Crippen molar-refractivity contribution in [3.8, 4) is 0 Å². The van der Waals surface area contributed by atoms with Crippen LogP contribution in [-0.4, -0.2) is 39.8 Å². The van der Waals surface area contributed by atoms with E-state index in [4.69, 9.17) is 4.98 Å². The quantitative estimate of drug-likeness (QED) is 0.900. The maximum atomic E-state index is 4.74. The van der Waals surface area contributed by atoms with Gasteiger partial charge in [-0.25, -0.2) is 9.50 Å². The minimum Gasteiger partial charge on any atom is -0.352 e. The van der Waals surface area contributed by atoms with Gasteiger partial charge in [0.05, 0.1) is 6.20 Å². The fraction of sp³-hybridized carbons (Fsp3) is 0.571. The number of anilines is 1. The zero-order chi connectivity index (χ0) is 12.7. The van der Waals surface area contributed by atoms with Crippen LogP contribution in [0.1, 0.15) is 25.7 Å². The molecule has 2 aromatic heterocycles. The van der Waals surface area contributed by atoms with Crippen LogP contribution in [0.5, 0.6) is 0 Å². The highest BCUT2D eigenvalue weighted by Gasteiger charge is 2.32. The van der Waals surface area contributed by atoms with Crippen LogP contribution >= 0.6 is 0 Å². The Morgan fingerprint density at radius 2 is 2.26 bits per heavy atom. The summed E-state index contributed by atoms with van der Waals surface area (Å²) in [6, 6.07) is 5.37. The van der Waals surface area contributed by atoms with Crippen molar-refractivity contribution in [3.63, 3.8) is 0 Å². The average Bonchev–Trinajstić information content (AvgIpc) is 2.96. The number of aromatic nitrogens is 3. The van der Waals surface area contributed by atoms with Crippen LogP contribution in [0.25, 0.3) is 5.65 Å². The van der Waals surface area contributed by atoms with Crippen LogP contribution in [0.3, 0.4) is 0 Å². The summed E-state index contributed by atoms with van der Waals surface area (Å²) in [6.45, 7) is 2.25. The third kappa shape index (κ3) is 2.18. The highest BCUT2D eigenvalue weighted by atomic mass is 15.3. The molecule has 19 heavy (non-hydrogen) atoms. The molecular weight excluding hydrogens is 238 g/mol. The van der Waals surface area contributed by atoms with Crippen molar-refractivity contribution in [2.24, 2.45) is 0 Å². The standard InChI is InChI=1S/C14H19N5/c1-2-11(15-7-1)10-18(12-3-4-12)13-6-9-19-14(17-13)5-8-16-19/h5-6,8-9,11-12,15H,1-4,7,10H2. The lowest BCUT2D eigenvalue weighted by Crippen LogP contribution is -2.39. The van der Waals surface area contributed by atoms with Gasteiger partial charge in [0.2, 0.25) is 0 Å². The summed E-state index contributed by atoms with van der Waals surface area (Å²) in [4.78, 5) is 7.22. The molecule has 3 heterocycles. The Labute approximate surface area is 112 Å². The number of nitrogens with zero attached hydrogens (tertiary/aromatic N) is 4. The molecule has 1 aliphatic heterocycles. The largest absolute Gasteiger partial charge is 0.352 e. The Balaban J connectivity index is 1.61. The third-order valence-corrected chi connectivity index (χ3v) is 4.10.